The third kappa shape index (κ3) is 5.49. The Bertz CT molecular complexity index is 515. The summed E-state index contributed by atoms with van der Waals surface area (Å²) in [6.45, 7) is 11.5. The summed E-state index contributed by atoms with van der Waals surface area (Å²) >= 11 is 0. The molecule has 0 radical (unpaired) electrons. The molecule has 0 aliphatic heterocycles. The average Bonchev–Trinajstić information content (AvgIpc) is 2.64. The fourth-order valence-electron chi connectivity index (χ4n) is 3.25. The largest absolute Gasteiger partial charge is 0.501 e. The second kappa shape index (κ2) is 9.03. The van der Waals surface area contributed by atoms with Crippen LogP contribution in [-0.2, 0) is 30.9 Å². The molecule has 1 atom stereocenters. The molecule has 0 saturated heterocycles. The van der Waals surface area contributed by atoms with E-state index in [4.69, 9.17) is 4.74 Å². The number of benzene rings is 1. The van der Waals surface area contributed by atoms with Crippen LogP contribution in [0.3, 0.4) is 0 Å². The van der Waals surface area contributed by atoms with Crippen LogP contribution in [0.15, 0.2) is 30.0 Å². The van der Waals surface area contributed by atoms with Gasteiger partial charge < -0.3 is 9.72 Å². The number of allylic oxidation sites excluding steroid dienone is 1. The zero-order valence-electron chi connectivity index (χ0n) is 14.2. The van der Waals surface area contributed by atoms with Crippen LogP contribution in [0.2, 0.25) is 13.1 Å². The Morgan fingerprint density at radius 2 is 1.64 bits per heavy atom. The van der Waals surface area contributed by atoms with E-state index in [-0.39, 0.29) is 56.6 Å². The maximum atomic E-state index is 5.66. The molecule has 0 amide bonds. The van der Waals surface area contributed by atoms with Crippen molar-refractivity contribution in [3.63, 3.8) is 0 Å². The fraction of sp³-hybridized carbons (Fsp3) is 0.500. The summed E-state index contributed by atoms with van der Waals surface area (Å²) in [5, 5.41) is 0. The van der Waals surface area contributed by atoms with Gasteiger partial charge in [0.15, 0.2) is 0 Å². The van der Waals surface area contributed by atoms with Gasteiger partial charge in [-0.2, -0.15) is 0 Å². The quantitative estimate of drug-likeness (QED) is 0.687. The first-order valence-corrected chi connectivity index (χ1v) is 9.96. The van der Waals surface area contributed by atoms with Crippen LogP contribution < -0.4 is 4.98 Å². The van der Waals surface area contributed by atoms with E-state index < -0.39 is 8.24 Å². The first-order valence-electron chi connectivity index (χ1n) is 6.88. The molecule has 1 aromatic carbocycles. The Kier molecular flexibility index (Phi) is 10.1. The van der Waals surface area contributed by atoms with Crippen LogP contribution in [0.1, 0.15) is 37.4 Å². The monoisotopic (exact) mass is 437 g/mol. The van der Waals surface area contributed by atoms with E-state index in [1.165, 1.54) is 11.1 Å². The van der Waals surface area contributed by atoms with E-state index in [1.807, 2.05) is 0 Å². The number of rotatable bonds is 3. The Hall–Kier alpha value is 0.400. The van der Waals surface area contributed by atoms with E-state index in [1.54, 1.807) is 7.11 Å². The molecular weight excluding hydrogens is 412 g/mol. The van der Waals surface area contributed by atoms with Crippen LogP contribution in [0.5, 0.6) is 0 Å². The second-order valence-corrected chi connectivity index (χ2v) is 11.2. The zero-order valence-corrected chi connectivity index (χ0v) is 19.3. The Labute approximate surface area is 167 Å². The molecule has 0 bridgehead atoms. The van der Waals surface area contributed by atoms with E-state index >= 15 is 0 Å². The van der Waals surface area contributed by atoms with Gasteiger partial charge in [0.2, 0.25) is 0 Å². The van der Waals surface area contributed by atoms with Gasteiger partial charge in [0.05, 0.1) is 12.7 Å². The van der Waals surface area contributed by atoms with Crippen molar-refractivity contribution in [2.45, 2.75) is 44.9 Å². The molecule has 0 aromatic heterocycles. The van der Waals surface area contributed by atoms with Crippen molar-refractivity contribution in [2.24, 2.45) is 0 Å². The second-order valence-electron chi connectivity index (χ2n) is 6.91. The predicted octanol–water partition coefficient (Wildman–Crippen LogP) is 4.74. The molecule has 2 rings (SSSR count). The minimum atomic E-state index is -1.68. The summed E-state index contributed by atoms with van der Waals surface area (Å²) in [6, 6.07) is 8.63. The summed E-state index contributed by atoms with van der Waals surface area (Å²) in [4.78, 5) is 3.86. The summed E-state index contributed by atoms with van der Waals surface area (Å²) in [6.07, 6.45) is 2.19. The molecule has 0 spiro atoms. The van der Waals surface area contributed by atoms with Gasteiger partial charge in [0.25, 0.3) is 0 Å². The van der Waals surface area contributed by atoms with Crippen molar-refractivity contribution >= 4 is 39.1 Å². The Morgan fingerprint density at radius 3 is 2.14 bits per heavy atom. The Morgan fingerprint density at radius 1 is 1.09 bits per heavy atom. The standard InChI is InChI=1S/C16H25NOSi.2ClH.Zr/c1-16(2,3)17-19(5,6)15-13-10-8-7-9-12(13)11-14(15)18-4;;;/h7-11,15,17H,1-6H3;2*1H;. The fourth-order valence-corrected chi connectivity index (χ4v) is 7.29. The van der Waals surface area contributed by atoms with Gasteiger partial charge in [-0.1, -0.05) is 37.4 Å². The Balaban J connectivity index is 0. The predicted molar refractivity (Wildman–Crippen MR) is 99.0 cm³/mol. The summed E-state index contributed by atoms with van der Waals surface area (Å²) in [7, 11) is 0.0998. The SMILES string of the molecule is COC1=Cc2ccccc2C1[Si](C)(C)NC(C)(C)C.Cl.Cl.[Zr]. The first kappa shape index (κ1) is 24.6. The molecule has 1 aliphatic carbocycles. The summed E-state index contributed by atoms with van der Waals surface area (Å²) in [5.41, 5.74) is 3.24. The normalized spacial score (nSPS) is 16.5. The van der Waals surface area contributed by atoms with Gasteiger partial charge in [-0.05, 0) is 38.0 Å². The molecule has 22 heavy (non-hydrogen) atoms. The van der Waals surface area contributed by atoms with Gasteiger partial charge in [-0.3, -0.25) is 0 Å². The third-order valence-electron chi connectivity index (χ3n) is 3.54. The number of methoxy groups -OCH3 is 1. The molecule has 0 saturated carbocycles. The molecule has 1 unspecified atom stereocenters. The topological polar surface area (TPSA) is 21.3 Å². The number of hydrogen-bond donors (Lipinski definition) is 1. The molecule has 124 valence electrons. The number of hydrogen-bond acceptors (Lipinski definition) is 2. The smallest absolute Gasteiger partial charge is 0.135 e. The van der Waals surface area contributed by atoms with Crippen molar-refractivity contribution in [2.75, 3.05) is 7.11 Å². The van der Waals surface area contributed by atoms with E-state index in [0.29, 0.717) is 5.54 Å². The molecule has 1 N–H and O–H groups in total. The van der Waals surface area contributed by atoms with E-state index in [9.17, 15) is 0 Å². The number of nitrogens with one attached hydrogen (secondary N) is 1. The zero-order chi connectivity index (χ0) is 14.3. The van der Waals surface area contributed by atoms with Crippen LogP contribution in [0.25, 0.3) is 6.08 Å². The van der Waals surface area contributed by atoms with Gasteiger partial charge in [-0.15, -0.1) is 24.8 Å². The minimum Gasteiger partial charge on any atom is -0.501 e. The average molecular weight is 440 g/mol. The van der Waals surface area contributed by atoms with Crippen LogP contribution >= 0.6 is 24.8 Å². The van der Waals surface area contributed by atoms with Crippen molar-refractivity contribution in [1.82, 2.24) is 4.98 Å². The van der Waals surface area contributed by atoms with Crippen molar-refractivity contribution in [3.8, 4) is 0 Å². The van der Waals surface area contributed by atoms with Crippen LogP contribution in [-0.4, -0.2) is 20.9 Å². The molecule has 0 fully saturated rings. The maximum Gasteiger partial charge on any atom is 0.135 e. The van der Waals surface area contributed by atoms with Crippen molar-refractivity contribution in [1.29, 1.82) is 0 Å². The van der Waals surface area contributed by atoms with Crippen molar-refractivity contribution in [3.05, 3.63) is 41.2 Å². The molecule has 1 aliphatic rings. The molecule has 6 heteroatoms. The van der Waals surface area contributed by atoms with Crippen molar-refractivity contribution < 1.29 is 30.9 Å². The van der Waals surface area contributed by atoms with Gasteiger partial charge in [0, 0.05) is 31.7 Å². The molecule has 0 heterocycles. The summed E-state index contributed by atoms with van der Waals surface area (Å²) in [5.74, 6) is 1.11. The first-order chi connectivity index (χ1) is 8.74. The third-order valence-corrected chi connectivity index (χ3v) is 6.98. The van der Waals surface area contributed by atoms with Crippen LogP contribution in [0, 0.1) is 0 Å². The molecular formula is C16H27Cl2NOSiZr. The maximum absolute atomic E-state index is 5.66. The molecule has 2 nitrogen and oxygen atoms in total. The minimum absolute atomic E-state index is 0. The van der Waals surface area contributed by atoms with Gasteiger partial charge >= 0.3 is 0 Å². The van der Waals surface area contributed by atoms with E-state index in [0.717, 1.165) is 5.76 Å². The van der Waals surface area contributed by atoms with Gasteiger partial charge in [0.1, 0.15) is 14.0 Å². The number of ether oxygens (including phenoxy) is 1. The number of fused-ring (bicyclic) bond motifs is 1. The van der Waals surface area contributed by atoms with Crippen LogP contribution in [0.4, 0.5) is 0 Å². The number of halogens is 2. The van der Waals surface area contributed by atoms with Gasteiger partial charge in [-0.25, -0.2) is 0 Å². The molecule has 1 aromatic rings. The van der Waals surface area contributed by atoms with E-state index in [2.05, 4.69) is 69.2 Å². The summed E-state index contributed by atoms with van der Waals surface area (Å²) < 4.78 is 5.66.